The van der Waals surface area contributed by atoms with E-state index in [1.807, 2.05) is 0 Å². The minimum Gasteiger partial charge on any atom is -0.349 e. The molecule has 0 radical (unpaired) electrons. The number of nitrogens with zero attached hydrogens (tertiary/aromatic N) is 3. The topological polar surface area (TPSA) is 39.9 Å². The van der Waals surface area contributed by atoms with Crippen molar-refractivity contribution in [2.45, 2.75) is 37.8 Å². The predicted octanol–water partition coefficient (Wildman–Crippen LogP) is 2.74. The monoisotopic (exact) mass is 233 g/mol. The fourth-order valence-electron chi connectivity index (χ4n) is 2.94. The second-order valence-electron chi connectivity index (χ2n) is 4.51. The lowest BCUT2D eigenvalue weighted by Gasteiger charge is -2.24. The second-order valence-corrected chi connectivity index (χ2v) is 4.92. The van der Waals surface area contributed by atoms with E-state index in [1.54, 1.807) is 12.3 Å². The highest BCUT2D eigenvalue weighted by Crippen LogP contribution is 2.42. The minimum atomic E-state index is 0.528. The number of nitriles is 1. The summed E-state index contributed by atoms with van der Waals surface area (Å²) in [7, 11) is 0. The van der Waals surface area contributed by atoms with Crippen LogP contribution in [0, 0.1) is 11.3 Å². The van der Waals surface area contributed by atoms with Crippen LogP contribution >= 0.6 is 11.6 Å². The van der Waals surface area contributed by atoms with E-state index >= 15 is 0 Å². The van der Waals surface area contributed by atoms with Gasteiger partial charge in [-0.1, -0.05) is 11.6 Å². The van der Waals surface area contributed by atoms with Gasteiger partial charge in [-0.25, -0.2) is 4.98 Å². The van der Waals surface area contributed by atoms with Gasteiger partial charge in [-0.2, -0.15) is 5.26 Å². The molecule has 0 amide bonds. The molecule has 1 aromatic heterocycles. The van der Waals surface area contributed by atoms with Crippen molar-refractivity contribution >= 4 is 17.4 Å². The third-order valence-electron chi connectivity index (χ3n) is 3.65. The average Bonchev–Trinajstić information content (AvgIpc) is 2.88. The molecule has 16 heavy (non-hydrogen) atoms. The Morgan fingerprint density at radius 3 is 2.44 bits per heavy atom. The van der Waals surface area contributed by atoms with Gasteiger partial charge >= 0.3 is 0 Å². The van der Waals surface area contributed by atoms with Crippen molar-refractivity contribution in [2.24, 2.45) is 0 Å². The lowest BCUT2D eigenvalue weighted by molar-refractivity contribution is 0.576. The molecule has 0 unspecified atom stereocenters. The van der Waals surface area contributed by atoms with Crippen LogP contribution in [0.3, 0.4) is 0 Å². The largest absolute Gasteiger partial charge is 0.349 e. The molecule has 2 saturated heterocycles. The fourth-order valence-corrected chi connectivity index (χ4v) is 3.20. The lowest BCUT2D eigenvalue weighted by atomic mass is 10.0. The summed E-state index contributed by atoms with van der Waals surface area (Å²) in [5.41, 5.74) is 0.528. The molecule has 3 rings (SSSR count). The van der Waals surface area contributed by atoms with Crippen LogP contribution in [0.15, 0.2) is 12.3 Å². The van der Waals surface area contributed by atoms with Crippen LogP contribution < -0.4 is 4.90 Å². The molecule has 0 N–H and O–H groups in total. The summed E-state index contributed by atoms with van der Waals surface area (Å²) in [6.07, 6.45) is 6.62. The van der Waals surface area contributed by atoms with Gasteiger partial charge in [-0.05, 0) is 31.7 Å². The third kappa shape index (κ3) is 1.37. The van der Waals surface area contributed by atoms with Crippen LogP contribution in [-0.2, 0) is 0 Å². The summed E-state index contributed by atoms with van der Waals surface area (Å²) >= 11 is 6.19. The van der Waals surface area contributed by atoms with E-state index in [4.69, 9.17) is 16.9 Å². The number of pyridine rings is 1. The van der Waals surface area contributed by atoms with Crippen LogP contribution in [0.5, 0.6) is 0 Å². The van der Waals surface area contributed by atoms with Crippen LogP contribution in [0.25, 0.3) is 0 Å². The van der Waals surface area contributed by atoms with Gasteiger partial charge in [0.05, 0.1) is 10.6 Å². The quantitative estimate of drug-likeness (QED) is 0.749. The van der Waals surface area contributed by atoms with E-state index in [1.165, 1.54) is 25.7 Å². The van der Waals surface area contributed by atoms with Gasteiger partial charge in [0.2, 0.25) is 0 Å². The SMILES string of the molecule is N#Cc1cnc(N2C3CCC2CC3)c(Cl)c1. The highest BCUT2D eigenvalue weighted by molar-refractivity contribution is 6.33. The first-order valence-corrected chi connectivity index (χ1v) is 6.01. The summed E-state index contributed by atoms with van der Waals surface area (Å²) in [6.45, 7) is 0. The molecule has 2 bridgehead atoms. The van der Waals surface area contributed by atoms with Gasteiger partial charge in [0.25, 0.3) is 0 Å². The Hall–Kier alpha value is -1.27. The Balaban J connectivity index is 1.99. The van der Waals surface area contributed by atoms with E-state index in [-0.39, 0.29) is 0 Å². The average molecular weight is 234 g/mol. The molecular weight excluding hydrogens is 222 g/mol. The molecule has 4 heteroatoms. The molecule has 3 heterocycles. The Bertz CT molecular complexity index is 446. The van der Waals surface area contributed by atoms with Crippen molar-refractivity contribution in [3.8, 4) is 6.07 Å². The lowest BCUT2D eigenvalue weighted by Crippen LogP contribution is -2.29. The van der Waals surface area contributed by atoms with E-state index in [2.05, 4.69) is 16.0 Å². The maximum absolute atomic E-state index is 8.77. The van der Waals surface area contributed by atoms with Crippen molar-refractivity contribution in [1.82, 2.24) is 4.98 Å². The molecule has 2 aliphatic heterocycles. The number of hydrogen-bond donors (Lipinski definition) is 0. The summed E-state index contributed by atoms with van der Waals surface area (Å²) in [5, 5.41) is 9.38. The first kappa shape index (κ1) is 9.92. The first-order valence-electron chi connectivity index (χ1n) is 5.63. The zero-order valence-corrected chi connectivity index (χ0v) is 9.61. The van der Waals surface area contributed by atoms with E-state index in [0.717, 1.165) is 5.82 Å². The Morgan fingerprint density at radius 1 is 1.31 bits per heavy atom. The molecule has 0 saturated carbocycles. The zero-order chi connectivity index (χ0) is 11.1. The molecule has 2 aliphatic rings. The van der Waals surface area contributed by atoms with Crippen LogP contribution in [-0.4, -0.2) is 17.1 Å². The Labute approximate surface area is 99.6 Å². The number of halogens is 1. The first-order chi connectivity index (χ1) is 7.79. The van der Waals surface area contributed by atoms with E-state index in [0.29, 0.717) is 22.7 Å². The normalized spacial score (nSPS) is 27.1. The third-order valence-corrected chi connectivity index (χ3v) is 3.93. The summed E-state index contributed by atoms with van der Waals surface area (Å²) in [6, 6.07) is 5.00. The zero-order valence-electron chi connectivity index (χ0n) is 8.86. The molecule has 0 spiro atoms. The van der Waals surface area contributed by atoms with E-state index < -0.39 is 0 Å². The van der Waals surface area contributed by atoms with Crippen molar-refractivity contribution in [1.29, 1.82) is 5.26 Å². The molecular formula is C12H12ClN3. The maximum Gasteiger partial charge on any atom is 0.147 e. The molecule has 3 nitrogen and oxygen atoms in total. The minimum absolute atomic E-state index is 0.528. The van der Waals surface area contributed by atoms with Crippen molar-refractivity contribution in [3.63, 3.8) is 0 Å². The van der Waals surface area contributed by atoms with Gasteiger partial charge in [-0.3, -0.25) is 0 Å². The van der Waals surface area contributed by atoms with Crippen molar-refractivity contribution < 1.29 is 0 Å². The van der Waals surface area contributed by atoms with Gasteiger partial charge in [0.1, 0.15) is 11.9 Å². The highest BCUT2D eigenvalue weighted by atomic mass is 35.5. The molecule has 0 aromatic carbocycles. The van der Waals surface area contributed by atoms with Gasteiger partial charge < -0.3 is 4.90 Å². The molecule has 0 aliphatic carbocycles. The van der Waals surface area contributed by atoms with Crippen LogP contribution in [0.2, 0.25) is 5.02 Å². The van der Waals surface area contributed by atoms with Gasteiger partial charge in [0.15, 0.2) is 0 Å². The second kappa shape index (κ2) is 3.64. The number of rotatable bonds is 1. The van der Waals surface area contributed by atoms with Crippen molar-refractivity contribution in [2.75, 3.05) is 4.90 Å². The number of hydrogen-bond acceptors (Lipinski definition) is 3. The Kier molecular flexibility index (Phi) is 2.26. The van der Waals surface area contributed by atoms with Crippen molar-refractivity contribution in [3.05, 3.63) is 22.8 Å². The smallest absolute Gasteiger partial charge is 0.147 e. The molecule has 2 fully saturated rings. The van der Waals surface area contributed by atoms with Crippen LogP contribution in [0.4, 0.5) is 5.82 Å². The van der Waals surface area contributed by atoms with Crippen LogP contribution in [0.1, 0.15) is 31.2 Å². The number of anilines is 1. The summed E-state index contributed by atoms with van der Waals surface area (Å²) < 4.78 is 0. The fraction of sp³-hybridized carbons (Fsp3) is 0.500. The van der Waals surface area contributed by atoms with Gasteiger partial charge in [0, 0.05) is 18.3 Å². The summed E-state index contributed by atoms with van der Waals surface area (Å²) in [5.74, 6) is 0.866. The van der Waals surface area contributed by atoms with E-state index in [9.17, 15) is 0 Å². The highest BCUT2D eigenvalue weighted by Gasteiger charge is 2.40. The van der Waals surface area contributed by atoms with Gasteiger partial charge in [-0.15, -0.1) is 0 Å². The number of fused-ring (bicyclic) bond motifs is 2. The predicted molar refractivity (Wildman–Crippen MR) is 62.5 cm³/mol. The Morgan fingerprint density at radius 2 is 1.94 bits per heavy atom. The number of aromatic nitrogens is 1. The molecule has 1 aromatic rings. The standard InChI is InChI=1S/C12H12ClN3/c13-11-5-8(6-14)7-15-12(11)16-9-1-2-10(16)4-3-9/h5,7,9-10H,1-4H2. The summed E-state index contributed by atoms with van der Waals surface area (Å²) in [4.78, 5) is 6.69. The molecule has 0 atom stereocenters. The molecule has 82 valence electrons. The maximum atomic E-state index is 8.77.